The molecule has 28 nitrogen and oxygen atoms in total. The molecule has 4 aliphatic heterocycles. The van der Waals surface area contributed by atoms with Crippen LogP contribution < -0.4 is 0 Å². The highest BCUT2D eigenvalue weighted by Crippen LogP contribution is 2.39. The molecule has 0 N–H and O–H groups in total. The van der Waals surface area contributed by atoms with Crippen molar-refractivity contribution in [2.75, 3.05) is 344 Å². The van der Waals surface area contributed by atoms with E-state index in [0.29, 0.717) is 344 Å². The molecule has 4 rings (SSSR count). The summed E-state index contributed by atoms with van der Waals surface area (Å²) in [6, 6.07) is 16.1. The highest BCUT2D eigenvalue weighted by molar-refractivity contribution is 6.82. The second-order valence-electron chi connectivity index (χ2n) is 34.4. The third-order valence-corrected chi connectivity index (χ3v) is 40.8. The van der Waals surface area contributed by atoms with Crippen molar-refractivity contribution in [2.45, 2.75) is 201 Å². The maximum absolute atomic E-state index is 6.42. The average Bonchev–Trinajstić information content (AvgIpc) is 0.845. The zero-order valence-electron chi connectivity index (χ0n) is 75.2. The SMILES string of the molecule is C[Si](C)(CCCOCC1COCCOCCOCCOCCOCCO1)CCC[Si](CCC[Si](C)(C)CCCOCC1COCCOCCOCCOCCOCCO1)(CCC[Si](C)(C)CCCOCC1COCCOCCOCCOCCOCCO1)CCC[Si](C)(C)CCCOCC1COCCOCCOCCOCCOCCO1. The van der Waals surface area contributed by atoms with Crippen molar-refractivity contribution in [3.8, 4) is 0 Å². The van der Waals surface area contributed by atoms with Gasteiger partial charge in [0.15, 0.2) is 0 Å². The Hall–Kier alpha value is -0.0356. The van der Waals surface area contributed by atoms with Gasteiger partial charge in [-0.05, 0) is 25.7 Å². The van der Waals surface area contributed by atoms with Crippen LogP contribution in [0, 0.1) is 0 Å². The third kappa shape index (κ3) is 68.8. The van der Waals surface area contributed by atoms with Crippen molar-refractivity contribution in [1.82, 2.24) is 0 Å². The molecule has 4 atom stereocenters. The first-order valence-electron chi connectivity index (χ1n) is 45.5. The Kier molecular flexibility index (Phi) is 71.0. The van der Waals surface area contributed by atoms with Crippen LogP contribution in [0.3, 0.4) is 0 Å². The second kappa shape index (κ2) is 76.0. The molecule has 4 saturated heterocycles. The van der Waals surface area contributed by atoms with Crippen LogP contribution in [0.2, 0.25) is 125 Å². The highest BCUT2D eigenvalue weighted by atomic mass is 28.3. The largest absolute Gasteiger partial charge is 0.379 e. The monoisotopic (exact) mass is 1770 g/mol. The van der Waals surface area contributed by atoms with Crippen molar-refractivity contribution < 1.29 is 133 Å². The van der Waals surface area contributed by atoms with Gasteiger partial charge in [0.05, 0.1) is 325 Å². The fraction of sp³-hybridized carbons (Fsp3) is 1.00. The van der Waals surface area contributed by atoms with Crippen LogP contribution in [0.25, 0.3) is 0 Å². The lowest BCUT2D eigenvalue weighted by Crippen LogP contribution is -2.37. The summed E-state index contributed by atoms with van der Waals surface area (Å²) in [6.07, 6.45) is 8.81. The van der Waals surface area contributed by atoms with Crippen molar-refractivity contribution in [2.24, 2.45) is 0 Å². The summed E-state index contributed by atoms with van der Waals surface area (Å²) in [7, 11) is -8.14. The van der Waals surface area contributed by atoms with Crippen LogP contribution in [0.5, 0.6) is 0 Å². The molecule has 696 valence electrons. The van der Waals surface area contributed by atoms with Crippen LogP contribution in [-0.4, -0.2) is 408 Å². The minimum absolute atomic E-state index is 0.186. The first kappa shape index (κ1) is 109. The maximum Gasteiger partial charge on any atom is 0.104 e. The van der Waals surface area contributed by atoms with Gasteiger partial charge in [0.2, 0.25) is 0 Å². The standard InChI is InChI=1S/C84H172O28Si5/c1-113(2,61-9-17-101-73-81-77-105-49-45-93-33-29-85-21-25-89-37-41-97-53-57-109-81)65-13-69-117(70-14-66-114(3,4)62-10-18-102-74-82-78-106-50-46-94-34-30-86-22-26-90-38-42-98-54-58-110-82,71-15-67-115(5,6)63-11-19-103-75-83-79-107-51-47-95-35-31-87-23-27-91-39-43-99-55-59-111-83)72-16-68-116(7,8)64-12-20-104-76-84-80-108-52-48-96-36-32-88-24-28-92-40-44-100-56-60-112-84/h81-84H,9-80H2,1-8H3. The van der Waals surface area contributed by atoms with E-state index in [4.69, 9.17) is 133 Å². The van der Waals surface area contributed by atoms with Gasteiger partial charge in [0.25, 0.3) is 0 Å². The molecule has 0 aromatic heterocycles. The van der Waals surface area contributed by atoms with Crippen molar-refractivity contribution in [1.29, 1.82) is 0 Å². The Morgan fingerprint density at radius 3 is 0.470 bits per heavy atom. The van der Waals surface area contributed by atoms with Gasteiger partial charge in [-0.15, -0.1) is 0 Å². The van der Waals surface area contributed by atoms with Gasteiger partial charge < -0.3 is 133 Å². The van der Waals surface area contributed by atoms with Gasteiger partial charge in [0, 0.05) is 58.7 Å². The molecule has 0 radical (unpaired) electrons. The molecule has 0 bridgehead atoms. The molecule has 0 saturated carbocycles. The van der Waals surface area contributed by atoms with E-state index in [0.717, 1.165) is 25.7 Å². The zero-order chi connectivity index (χ0) is 83.5. The van der Waals surface area contributed by atoms with Crippen molar-refractivity contribution in [3.63, 3.8) is 0 Å². The van der Waals surface area contributed by atoms with Gasteiger partial charge in [-0.2, -0.15) is 0 Å². The average molecular weight is 1770 g/mol. The lowest BCUT2D eigenvalue weighted by atomic mass is 10.4. The van der Waals surface area contributed by atoms with Gasteiger partial charge in [-0.3, -0.25) is 0 Å². The topological polar surface area (TPSA) is 258 Å². The summed E-state index contributed by atoms with van der Waals surface area (Å²) in [4.78, 5) is 0. The van der Waals surface area contributed by atoms with E-state index in [2.05, 4.69) is 52.4 Å². The third-order valence-electron chi connectivity index (χ3n) is 21.5. The number of rotatable bonds is 40. The number of hydrogen-bond acceptors (Lipinski definition) is 28. The van der Waals surface area contributed by atoms with E-state index in [1.54, 1.807) is 0 Å². The molecule has 0 aromatic carbocycles. The normalized spacial score (nSPS) is 23.6. The molecule has 4 heterocycles. The highest BCUT2D eigenvalue weighted by Gasteiger charge is 2.36. The quantitative estimate of drug-likeness (QED) is 0.0408. The molecule has 33 heteroatoms. The zero-order valence-corrected chi connectivity index (χ0v) is 80.2. The predicted octanol–water partition coefficient (Wildman–Crippen LogP) is 11.4. The lowest BCUT2D eigenvalue weighted by molar-refractivity contribution is -0.0843. The van der Waals surface area contributed by atoms with Crippen LogP contribution in [-0.2, 0) is 133 Å². The summed E-state index contributed by atoms with van der Waals surface area (Å²) in [5.74, 6) is 0. The Bertz CT molecular complexity index is 1780. The van der Waals surface area contributed by atoms with E-state index in [9.17, 15) is 0 Å². The Morgan fingerprint density at radius 1 is 0.171 bits per heavy atom. The fourth-order valence-electron chi connectivity index (χ4n) is 14.5. The van der Waals surface area contributed by atoms with E-state index in [1.165, 1.54) is 98.2 Å². The van der Waals surface area contributed by atoms with Crippen molar-refractivity contribution >= 4 is 40.4 Å². The number of ether oxygens (including phenoxy) is 28. The molecule has 0 spiro atoms. The summed E-state index contributed by atoms with van der Waals surface area (Å²) in [6.45, 7) is 48.0. The molecule has 4 fully saturated rings. The number of hydrogen-bond donors (Lipinski definition) is 0. The first-order chi connectivity index (χ1) is 57.1. The van der Waals surface area contributed by atoms with Crippen LogP contribution in [0.4, 0.5) is 0 Å². The Morgan fingerprint density at radius 2 is 0.308 bits per heavy atom. The Balaban J connectivity index is 1.46. The van der Waals surface area contributed by atoms with Crippen LogP contribution >= 0.6 is 0 Å². The van der Waals surface area contributed by atoms with E-state index in [-0.39, 0.29) is 24.4 Å². The maximum atomic E-state index is 6.42. The molecule has 0 amide bonds. The molecule has 0 aliphatic carbocycles. The Labute approximate surface area is 713 Å². The predicted molar refractivity (Wildman–Crippen MR) is 469 cm³/mol. The molecule has 4 unspecified atom stereocenters. The minimum Gasteiger partial charge on any atom is -0.379 e. The van der Waals surface area contributed by atoms with Gasteiger partial charge in [-0.1, -0.05) is 151 Å². The van der Waals surface area contributed by atoms with Crippen molar-refractivity contribution in [3.05, 3.63) is 0 Å². The smallest absolute Gasteiger partial charge is 0.104 e. The fourth-order valence-corrected chi connectivity index (χ4v) is 31.1. The van der Waals surface area contributed by atoms with E-state index >= 15 is 0 Å². The molecule has 0 aromatic rings. The summed E-state index contributed by atoms with van der Waals surface area (Å²) in [5, 5.41) is 0. The van der Waals surface area contributed by atoms with E-state index < -0.39 is 40.4 Å². The summed E-state index contributed by atoms with van der Waals surface area (Å²) in [5.41, 5.74) is 0. The molecular formula is C84H172O28Si5. The lowest BCUT2D eigenvalue weighted by Gasteiger charge is -2.36. The first-order valence-corrected chi connectivity index (χ1v) is 61.9. The summed E-state index contributed by atoms with van der Waals surface area (Å²) >= 11 is 0. The van der Waals surface area contributed by atoms with Gasteiger partial charge >= 0.3 is 0 Å². The van der Waals surface area contributed by atoms with Crippen LogP contribution in [0.15, 0.2) is 0 Å². The van der Waals surface area contributed by atoms with Gasteiger partial charge in [0.1, 0.15) is 24.4 Å². The molecule has 4 aliphatic rings. The second-order valence-corrected chi connectivity index (χ2v) is 60.7. The molecule has 117 heavy (non-hydrogen) atoms. The summed E-state index contributed by atoms with van der Waals surface area (Å²) < 4.78 is 166. The van der Waals surface area contributed by atoms with E-state index in [1.807, 2.05) is 0 Å². The van der Waals surface area contributed by atoms with Gasteiger partial charge in [-0.25, -0.2) is 0 Å². The van der Waals surface area contributed by atoms with Crippen LogP contribution in [0.1, 0.15) is 51.4 Å². The minimum atomic E-state index is -1.81. The molecular weight excluding hydrogens is 1600 g/mol.